The number of aromatic nitrogens is 2. The molecule has 0 aromatic carbocycles. The Kier molecular flexibility index (Phi) is 5.75. The second-order valence-electron chi connectivity index (χ2n) is 7.17. The van der Waals surface area contributed by atoms with E-state index in [4.69, 9.17) is 9.47 Å². The normalized spacial score (nSPS) is 30.0. The SMILES string of the molecule is CN(CCc1ccccn1)[C@H]1[C@@H]2OC[C@@H](O2)[C@@H](NCc2ccncc2)[C@@H]1O. The Morgan fingerprint density at radius 3 is 2.85 bits per heavy atom. The number of hydrogen-bond acceptors (Lipinski definition) is 7. The van der Waals surface area contributed by atoms with Crippen molar-refractivity contribution in [2.24, 2.45) is 0 Å². The van der Waals surface area contributed by atoms with Gasteiger partial charge in [-0.15, -0.1) is 0 Å². The topological polar surface area (TPSA) is 79.7 Å². The summed E-state index contributed by atoms with van der Waals surface area (Å²) in [5, 5.41) is 14.5. The fraction of sp³-hybridized carbons (Fsp3) is 0.500. The Morgan fingerprint density at radius 1 is 1.22 bits per heavy atom. The van der Waals surface area contributed by atoms with Gasteiger partial charge in [0.05, 0.1) is 24.8 Å². The van der Waals surface area contributed by atoms with Gasteiger partial charge >= 0.3 is 0 Å². The van der Waals surface area contributed by atoms with Crippen molar-refractivity contribution in [3.63, 3.8) is 0 Å². The number of rotatable bonds is 7. The van der Waals surface area contributed by atoms with Gasteiger partial charge in [-0.3, -0.25) is 14.9 Å². The van der Waals surface area contributed by atoms with Crippen LogP contribution < -0.4 is 5.32 Å². The van der Waals surface area contributed by atoms with E-state index in [2.05, 4.69) is 20.2 Å². The van der Waals surface area contributed by atoms with Gasteiger partial charge in [0.15, 0.2) is 6.29 Å². The summed E-state index contributed by atoms with van der Waals surface area (Å²) in [6.07, 6.45) is 5.06. The van der Waals surface area contributed by atoms with E-state index in [9.17, 15) is 5.11 Å². The fourth-order valence-electron chi connectivity index (χ4n) is 3.84. The van der Waals surface area contributed by atoms with Crippen LogP contribution in [0.25, 0.3) is 0 Å². The molecule has 2 aliphatic rings. The van der Waals surface area contributed by atoms with Gasteiger partial charge in [0.25, 0.3) is 0 Å². The summed E-state index contributed by atoms with van der Waals surface area (Å²) >= 11 is 0. The third kappa shape index (κ3) is 4.17. The van der Waals surface area contributed by atoms with E-state index < -0.39 is 12.4 Å². The highest BCUT2D eigenvalue weighted by molar-refractivity contribution is 5.11. The van der Waals surface area contributed by atoms with Crippen LogP contribution in [0.2, 0.25) is 0 Å². The second-order valence-corrected chi connectivity index (χ2v) is 7.17. The van der Waals surface area contributed by atoms with Crippen LogP contribution in [-0.4, -0.2) is 70.8 Å². The summed E-state index contributed by atoms with van der Waals surface area (Å²) in [5.74, 6) is 0. The Labute approximate surface area is 159 Å². The van der Waals surface area contributed by atoms with E-state index in [1.54, 1.807) is 18.6 Å². The number of hydrogen-bond donors (Lipinski definition) is 2. The molecule has 0 unspecified atom stereocenters. The lowest BCUT2D eigenvalue weighted by atomic mass is 9.94. The summed E-state index contributed by atoms with van der Waals surface area (Å²) in [6.45, 7) is 1.92. The highest BCUT2D eigenvalue weighted by atomic mass is 16.7. The summed E-state index contributed by atoms with van der Waals surface area (Å²) in [6, 6.07) is 9.45. The third-order valence-corrected chi connectivity index (χ3v) is 5.38. The van der Waals surface area contributed by atoms with Crippen LogP contribution in [0.3, 0.4) is 0 Å². The third-order valence-electron chi connectivity index (χ3n) is 5.38. The first-order chi connectivity index (χ1) is 13.2. The zero-order valence-electron chi connectivity index (χ0n) is 15.4. The Balaban J connectivity index is 1.39. The van der Waals surface area contributed by atoms with E-state index in [0.29, 0.717) is 13.2 Å². The molecule has 7 heteroatoms. The van der Waals surface area contributed by atoms with Crippen molar-refractivity contribution < 1.29 is 14.6 Å². The zero-order valence-corrected chi connectivity index (χ0v) is 15.4. The second kappa shape index (κ2) is 8.41. The van der Waals surface area contributed by atoms with Crippen LogP contribution in [0.5, 0.6) is 0 Å². The van der Waals surface area contributed by atoms with Gasteiger partial charge in [-0.25, -0.2) is 0 Å². The summed E-state index contributed by atoms with van der Waals surface area (Å²) in [4.78, 5) is 10.5. The Hall–Kier alpha value is -1.90. The van der Waals surface area contributed by atoms with E-state index in [1.165, 1.54) is 0 Å². The van der Waals surface area contributed by atoms with Crippen molar-refractivity contribution >= 4 is 0 Å². The van der Waals surface area contributed by atoms with Crippen LogP contribution in [-0.2, 0) is 22.4 Å². The standard InChI is InChI=1S/C20H26N4O3/c1-24(11-7-15-4-2-3-8-22-15)18-19(25)17(16-13-26-20(18)27-16)23-12-14-5-9-21-10-6-14/h2-6,8-10,16-20,23,25H,7,11-13H2,1H3/t16-,17-,18-,19+,20-/m1/s1. The van der Waals surface area contributed by atoms with Crippen molar-refractivity contribution in [3.05, 3.63) is 60.2 Å². The van der Waals surface area contributed by atoms with Crippen LogP contribution in [0.4, 0.5) is 0 Å². The van der Waals surface area contributed by atoms with E-state index in [-0.39, 0.29) is 18.2 Å². The van der Waals surface area contributed by atoms with Gasteiger partial charge in [0.2, 0.25) is 0 Å². The monoisotopic (exact) mass is 370 g/mol. The summed E-state index contributed by atoms with van der Waals surface area (Å²) in [7, 11) is 2.00. The minimum atomic E-state index is -0.577. The highest BCUT2D eigenvalue weighted by Gasteiger charge is 2.51. The first-order valence-electron chi connectivity index (χ1n) is 9.40. The van der Waals surface area contributed by atoms with E-state index >= 15 is 0 Å². The lowest BCUT2D eigenvalue weighted by Gasteiger charge is -2.42. The van der Waals surface area contributed by atoms with E-state index in [1.807, 2.05) is 37.4 Å². The lowest BCUT2D eigenvalue weighted by Crippen LogP contribution is -2.63. The minimum absolute atomic E-state index is 0.132. The number of nitrogens with one attached hydrogen (secondary N) is 1. The van der Waals surface area contributed by atoms with Gasteiger partial charge in [0, 0.05) is 43.8 Å². The summed E-state index contributed by atoms with van der Waals surface area (Å²) < 4.78 is 11.9. The predicted molar refractivity (Wildman–Crippen MR) is 99.8 cm³/mol. The van der Waals surface area contributed by atoms with Gasteiger partial charge in [-0.2, -0.15) is 0 Å². The van der Waals surface area contributed by atoms with Gasteiger partial charge in [0.1, 0.15) is 6.10 Å². The molecule has 4 rings (SSSR count). The van der Waals surface area contributed by atoms with Crippen LogP contribution in [0, 0.1) is 0 Å². The molecule has 2 bridgehead atoms. The molecule has 0 radical (unpaired) electrons. The molecule has 5 atom stereocenters. The van der Waals surface area contributed by atoms with Crippen molar-refractivity contribution in [1.29, 1.82) is 0 Å². The molecule has 2 fully saturated rings. The molecule has 0 spiro atoms. The minimum Gasteiger partial charge on any atom is -0.390 e. The first kappa shape index (κ1) is 18.5. The zero-order chi connectivity index (χ0) is 18.6. The number of pyridine rings is 2. The Bertz CT molecular complexity index is 718. The molecule has 7 nitrogen and oxygen atoms in total. The number of nitrogens with zero attached hydrogens (tertiary/aromatic N) is 3. The maximum Gasteiger partial charge on any atom is 0.176 e. The fourth-order valence-corrected chi connectivity index (χ4v) is 3.84. The molecular weight excluding hydrogens is 344 g/mol. The average Bonchev–Trinajstić information content (AvgIpc) is 3.13. The average molecular weight is 370 g/mol. The smallest absolute Gasteiger partial charge is 0.176 e. The summed E-state index contributed by atoms with van der Waals surface area (Å²) in [5.41, 5.74) is 2.16. The van der Waals surface area contributed by atoms with Crippen LogP contribution >= 0.6 is 0 Å². The molecule has 2 aromatic rings. The maximum atomic E-state index is 11.1. The van der Waals surface area contributed by atoms with E-state index in [0.717, 1.165) is 24.2 Å². The molecule has 2 saturated heterocycles. The van der Waals surface area contributed by atoms with Crippen molar-refractivity contribution in [2.75, 3.05) is 20.2 Å². The number of ether oxygens (including phenoxy) is 2. The molecule has 2 N–H and O–H groups in total. The molecule has 0 saturated carbocycles. The highest BCUT2D eigenvalue weighted by Crippen LogP contribution is 2.31. The predicted octanol–water partition coefficient (Wildman–Crippen LogP) is 0.594. The quantitative estimate of drug-likeness (QED) is 0.739. The molecule has 2 aliphatic heterocycles. The lowest BCUT2D eigenvalue weighted by molar-refractivity contribution is -0.178. The molecule has 27 heavy (non-hydrogen) atoms. The van der Waals surface area contributed by atoms with Crippen molar-refractivity contribution in [1.82, 2.24) is 20.2 Å². The molecule has 0 aliphatic carbocycles. The number of likely N-dealkylation sites (N-methyl/N-ethyl adjacent to an activating group) is 1. The number of fused-ring (bicyclic) bond motifs is 2. The molecule has 0 amide bonds. The number of aliphatic hydroxyl groups excluding tert-OH is 1. The maximum absolute atomic E-state index is 11.1. The van der Waals surface area contributed by atoms with Gasteiger partial charge < -0.3 is 19.9 Å². The molecule has 4 heterocycles. The van der Waals surface area contributed by atoms with Crippen molar-refractivity contribution in [2.45, 2.75) is 43.5 Å². The van der Waals surface area contributed by atoms with Gasteiger partial charge in [-0.05, 0) is 36.9 Å². The first-order valence-corrected chi connectivity index (χ1v) is 9.40. The Morgan fingerprint density at radius 2 is 2.07 bits per heavy atom. The largest absolute Gasteiger partial charge is 0.390 e. The molecule has 144 valence electrons. The van der Waals surface area contributed by atoms with Crippen LogP contribution in [0.15, 0.2) is 48.9 Å². The van der Waals surface area contributed by atoms with Crippen LogP contribution in [0.1, 0.15) is 11.3 Å². The van der Waals surface area contributed by atoms with Crippen molar-refractivity contribution in [3.8, 4) is 0 Å². The van der Waals surface area contributed by atoms with Gasteiger partial charge in [-0.1, -0.05) is 6.07 Å². The molecule has 2 aromatic heterocycles. The number of aliphatic hydroxyl groups is 1. The molecular formula is C20H26N4O3.